The molecule has 0 saturated heterocycles. The van der Waals surface area contributed by atoms with Gasteiger partial charge in [-0.25, -0.2) is 0 Å². The van der Waals surface area contributed by atoms with Crippen molar-refractivity contribution in [1.29, 1.82) is 0 Å². The van der Waals surface area contributed by atoms with Gasteiger partial charge in [-0.1, -0.05) is 41.4 Å². The molecule has 0 unspecified atom stereocenters. The zero-order chi connectivity index (χ0) is 13.0. The summed E-state index contributed by atoms with van der Waals surface area (Å²) >= 11 is 11.8. The first-order valence-corrected chi connectivity index (χ1v) is 6.31. The largest absolute Gasteiger partial charge is 0.457 e. The highest BCUT2D eigenvalue weighted by Crippen LogP contribution is 2.30. The molecule has 1 N–H and O–H groups in total. The molecule has 0 bridgehead atoms. The first-order valence-electron chi connectivity index (χ1n) is 5.56. The lowest BCUT2D eigenvalue weighted by Gasteiger charge is -2.11. The monoisotopic (exact) mass is 317 g/mol. The first-order chi connectivity index (χ1) is 8.70. The molecule has 2 aromatic carbocycles. The van der Waals surface area contributed by atoms with E-state index in [4.69, 9.17) is 27.9 Å². The molecule has 2 aromatic rings. The Balaban J connectivity index is 0.00000180. The van der Waals surface area contributed by atoms with Crippen molar-refractivity contribution in [2.45, 2.75) is 6.54 Å². The van der Waals surface area contributed by atoms with E-state index in [1.54, 1.807) is 18.2 Å². The van der Waals surface area contributed by atoms with Crippen LogP contribution in [0.3, 0.4) is 0 Å². The fraction of sp³-hybridized carbons (Fsp3) is 0.143. The highest BCUT2D eigenvalue weighted by Gasteiger charge is 2.05. The number of para-hydroxylation sites is 1. The van der Waals surface area contributed by atoms with Gasteiger partial charge in [-0.05, 0) is 25.2 Å². The van der Waals surface area contributed by atoms with Crippen molar-refractivity contribution in [3.63, 3.8) is 0 Å². The molecule has 19 heavy (non-hydrogen) atoms. The Labute approximate surface area is 129 Å². The molecular formula is C14H14Cl3NO. The fourth-order valence-corrected chi connectivity index (χ4v) is 1.90. The minimum absolute atomic E-state index is 0. The number of hydrogen-bond acceptors (Lipinski definition) is 2. The molecule has 0 radical (unpaired) electrons. The van der Waals surface area contributed by atoms with Gasteiger partial charge in [0.15, 0.2) is 0 Å². The maximum absolute atomic E-state index is 5.96. The lowest BCUT2D eigenvalue weighted by molar-refractivity contribution is 0.474. The average Bonchev–Trinajstić information content (AvgIpc) is 2.37. The summed E-state index contributed by atoms with van der Waals surface area (Å²) in [6.45, 7) is 0.748. The summed E-state index contributed by atoms with van der Waals surface area (Å²) in [6.07, 6.45) is 0. The molecule has 5 heteroatoms. The molecule has 102 valence electrons. The van der Waals surface area contributed by atoms with Gasteiger partial charge in [0.05, 0.1) is 10.0 Å². The third-order valence-electron chi connectivity index (χ3n) is 2.46. The topological polar surface area (TPSA) is 21.3 Å². The Morgan fingerprint density at radius 2 is 1.79 bits per heavy atom. The fourth-order valence-electron chi connectivity index (χ4n) is 1.61. The van der Waals surface area contributed by atoms with Gasteiger partial charge in [0, 0.05) is 18.2 Å². The minimum Gasteiger partial charge on any atom is -0.457 e. The van der Waals surface area contributed by atoms with E-state index in [9.17, 15) is 0 Å². The zero-order valence-corrected chi connectivity index (χ0v) is 12.6. The van der Waals surface area contributed by atoms with Crippen LogP contribution in [0.5, 0.6) is 11.5 Å². The lowest BCUT2D eigenvalue weighted by Crippen LogP contribution is -2.06. The zero-order valence-electron chi connectivity index (χ0n) is 10.3. The van der Waals surface area contributed by atoms with Crippen molar-refractivity contribution in [3.05, 3.63) is 58.1 Å². The van der Waals surface area contributed by atoms with Crippen LogP contribution in [0.25, 0.3) is 0 Å². The molecule has 0 atom stereocenters. The third-order valence-corrected chi connectivity index (χ3v) is 3.20. The van der Waals surface area contributed by atoms with Crippen LogP contribution < -0.4 is 10.1 Å². The predicted molar refractivity (Wildman–Crippen MR) is 83.0 cm³/mol. The number of benzene rings is 2. The molecule has 0 aromatic heterocycles. The van der Waals surface area contributed by atoms with Crippen molar-refractivity contribution in [2.75, 3.05) is 7.05 Å². The molecule has 0 amide bonds. The second-order valence-electron chi connectivity index (χ2n) is 3.82. The maximum Gasteiger partial charge on any atom is 0.131 e. The molecule has 0 spiro atoms. The second kappa shape index (κ2) is 7.61. The van der Waals surface area contributed by atoms with E-state index in [2.05, 4.69) is 5.32 Å². The molecule has 2 nitrogen and oxygen atoms in total. The van der Waals surface area contributed by atoms with Crippen molar-refractivity contribution in [1.82, 2.24) is 5.32 Å². The molecule has 2 rings (SSSR count). The summed E-state index contributed by atoms with van der Waals surface area (Å²) in [5.41, 5.74) is 1.09. The quantitative estimate of drug-likeness (QED) is 0.863. The van der Waals surface area contributed by atoms with E-state index < -0.39 is 0 Å². The van der Waals surface area contributed by atoms with E-state index >= 15 is 0 Å². The smallest absolute Gasteiger partial charge is 0.131 e. The Kier molecular flexibility index (Phi) is 6.46. The Hall–Kier alpha value is -0.930. The number of hydrogen-bond donors (Lipinski definition) is 1. The van der Waals surface area contributed by atoms with Crippen molar-refractivity contribution in [3.8, 4) is 11.5 Å². The van der Waals surface area contributed by atoms with Crippen LogP contribution >= 0.6 is 35.6 Å². The van der Waals surface area contributed by atoms with Gasteiger partial charge in [0.1, 0.15) is 11.5 Å². The first kappa shape index (κ1) is 16.1. The molecular weight excluding hydrogens is 305 g/mol. The van der Waals surface area contributed by atoms with Gasteiger partial charge in [-0.2, -0.15) is 0 Å². The van der Waals surface area contributed by atoms with Crippen molar-refractivity contribution in [2.24, 2.45) is 0 Å². The van der Waals surface area contributed by atoms with Gasteiger partial charge in [0.25, 0.3) is 0 Å². The highest BCUT2D eigenvalue weighted by molar-refractivity contribution is 6.42. The van der Waals surface area contributed by atoms with Gasteiger partial charge < -0.3 is 10.1 Å². The van der Waals surface area contributed by atoms with Gasteiger partial charge in [-0.15, -0.1) is 12.4 Å². The van der Waals surface area contributed by atoms with Crippen LogP contribution in [0.1, 0.15) is 5.56 Å². The van der Waals surface area contributed by atoms with Crippen LogP contribution in [0.4, 0.5) is 0 Å². The van der Waals surface area contributed by atoms with E-state index in [0.29, 0.717) is 15.8 Å². The molecule has 0 heterocycles. The van der Waals surface area contributed by atoms with Crippen molar-refractivity contribution >= 4 is 35.6 Å². The standard InChI is InChI=1S/C14H13Cl2NO.ClH/c1-17-9-10-4-2-3-5-14(10)18-11-6-7-12(15)13(16)8-11;/h2-8,17H,9H2,1H3;1H. The predicted octanol–water partition coefficient (Wildman–Crippen LogP) is 4.93. The summed E-state index contributed by atoms with van der Waals surface area (Å²) in [4.78, 5) is 0. The minimum atomic E-state index is 0. The Bertz CT molecular complexity index is 546. The maximum atomic E-state index is 5.96. The summed E-state index contributed by atoms with van der Waals surface area (Å²) in [7, 11) is 1.90. The summed E-state index contributed by atoms with van der Waals surface area (Å²) in [5.74, 6) is 1.48. The van der Waals surface area contributed by atoms with Crippen LogP contribution in [0, 0.1) is 0 Å². The van der Waals surface area contributed by atoms with Crippen molar-refractivity contribution < 1.29 is 4.74 Å². The molecule has 0 aliphatic rings. The van der Waals surface area contributed by atoms with Gasteiger partial charge in [-0.3, -0.25) is 0 Å². The summed E-state index contributed by atoms with van der Waals surface area (Å²) in [5, 5.41) is 4.11. The van der Waals surface area contributed by atoms with E-state index in [1.807, 2.05) is 31.3 Å². The molecule has 0 saturated carbocycles. The number of rotatable bonds is 4. The Morgan fingerprint density at radius 3 is 2.47 bits per heavy atom. The Morgan fingerprint density at radius 1 is 1.05 bits per heavy atom. The number of nitrogens with one attached hydrogen (secondary N) is 1. The molecule has 0 fully saturated rings. The number of halogens is 3. The molecule has 0 aliphatic heterocycles. The lowest BCUT2D eigenvalue weighted by atomic mass is 10.2. The third kappa shape index (κ3) is 4.29. The van der Waals surface area contributed by atoms with Crippen LogP contribution in [-0.2, 0) is 6.54 Å². The van der Waals surface area contributed by atoms with E-state index in [0.717, 1.165) is 17.9 Å². The van der Waals surface area contributed by atoms with Crippen LogP contribution in [-0.4, -0.2) is 7.05 Å². The molecule has 0 aliphatic carbocycles. The van der Waals surface area contributed by atoms with Gasteiger partial charge in [0.2, 0.25) is 0 Å². The normalized spacial score (nSPS) is 9.84. The highest BCUT2D eigenvalue weighted by atomic mass is 35.5. The van der Waals surface area contributed by atoms with E-state index in [1.165, 1.54) is 0 Å². The number of ether oxygens (including phenoxy) is 1. The second-order valence-corrected chi connectivity index (χ2v) is 4.63. The SMILES string of the molecule is CNCc1ccccc1Oc1ccc(Cl)c(Cl)c1.Cl. The summed E-state index contributed by atoms with van der Waals surface area (Å²) < 4.78 is 5.81. The summed E-state index contributed by atoms with van der Waals surface area (Å²) in [6, 6.07) is 13.1. The van der Waals surface area contributed by atoms with Crippen LogP contribution in [0.15, 0.2) is 42.5 Å². The average molecular weight is 319 g/mol. The van der Waals surface area contributed by atoms with Crippen LogP contribution in [0.2, 0.25) is 10.0 Å². The van der Waals surface area contributed by atoms with E-state index in [-0.39, 0.29) is 12.4 Å². The van der Waals surface area contributed by atoms with Gasteiger partial charge >= 0.3 is 0 Å².